The number of ether oxygens (including phenoxy) is 3. The van der Waals surface area contributed by atoms with Gasteiger partial charge in [-0.15, -0.1) is 0 Å². The first kappa shape index (κ1) is 43.4. The number of hydrogen-bond acceptors (Lipinski definition) is 18. The fraction of sp³-hybridized carbons (Fsp3) is 0.353. The van der Waals surface area contributed by atoms with Gasteiger partial charge in [0, 0.05) is 18.0 Å². The van der Waals surface area contributed by atoms with Crippen molar-refractivity contribution in [3.8, 4) is 5.75 Å². The van der Waals surface area contributed by atoms with Crippen molar-refractivity contribution < 1.29 is 59.9 Å². The van der Waals surface area contributed by atoms with Crippen LogP contribution in [0.25, 0.3) is 11.2 Å². The van der Waals surface area contributed by atoms with E-state index in [0.29, 0.717) is 27.1 Å². The zero-order chi connectivity index (χ0) is 41.6. The van der Waals surface area contributed by atoms with Crippen LogP contribution in [0.3, 0.4) is 0 Å². The lowest BCUT2D eigenvalue weighted by Crippen LogP contribution is -2.36. The monoisotopic (exact) mass is 896 g/mol. The SMILES string of the molecule is Cc1ccc(C(=O)Oc2ccc(CSP3(=O)OC[C@H]4O[C@@H](n5cnc6c(N)ncnc65)[C@H](OP(=O)([O-])OC[C@H]5O[C@@H](n6ccc(=O)[nH]c6=O)[C@H](F)[C@@H]5O3)[C@@H]4F)cc2)cc1.[NH4+]. The molecule has 6 heterocycles. The van der Waals surface area contributed by atoms with Crippen LogP contribution < -0.4 is 32.8 Å². The predicted molar refractivity (Wildman–Crippen MR) is 205 cm³/mol. The maximum Gasteiger partial charge on any atom is 0.389 e. The van der Waals surface area contributed by atoms with Gasteiger partial charge in [-0.2, -0.15) is 0 Å². The first-order chi connectivity index (χ1) is 28.2. The number of phosphoric acid groups is 1. The van der Waals surface area contributed by atoms with Crippen LogP contribution in [0.4, 0.5) is 14.6 Å². The number of aromatic amines is 1. The molecular formula is C34H36F2N8O13P2S. The number of carbonyl (C=O) groups excluding carboxylic acids is 1. The lowest BCUT2D eigenvalue weighted by atomic mass is 10.1. The third-order valence-corrected chi connectivity index (χ3v) is 14.0. The van der Waals surface area contributed by atoms with Crippen molar-refractivity contribution in [2.24, 2.45) is 0 Å². The van der Waals surface area contributed by atoms with Gasteiger partial charge >= 0.3 is 18.5 Å². The number of nitrogens with zero attached hydrogens (tertiary/aromatic N) is 5. The van der Waals surface area contributed by atoms with Gasteiger partial charge in [0.25, 0.3) is 13.4 Å². The molecule has 2 unspecified atom stereocenters. The van der Waals surface area contributed by atoms with Crippen LogP contribution in [0, 0.1) is 6.92 Å². The number of halogens is 2. The van der Waals surface area contributed by atoms with Gasteiger partial charge < -0.3 is 40.0 Å². The summed E-state index contributed by atoms with van der Waals surface area (Å²) in [6.07, 6.45) is -12.1. The molecule has 3 aliphatic rings. The van der Waals surface area contributed by atoms with Gasteiger partial charge in [0.2, 0.25) is 0 Å². The Hall–Kier alpha value is -4.71. The minimum Gasteiger partial charge on any atom is -0.756 e. The van der Waals surface area contributed by atoms with Gasteiger partial charge in [-0.1, -0.05) is 29.8 Å². The number of imidazole rings is 1. The smallest absolute Gasteiger partial charge is 0.389 e. The van der Waals surface area contributed by atoms with E-state index in [0.717, 1.165) is 30.5 Å². The Kier molecular flexibility index (Phi) is 12.5. The second kappa shape index (κ2) is 17.3. The first-order valence-corrected chi connectivity index (χ1v) is 22.2. The highest BCUT2D eigenvalue weighted by Gasteiger charge is 2.54. The molecule has 2 bridgehead atoms. The summed E-state index contributed by atoms with van der Waals surface area (Å²) in [4.78, 5) is 64.3. The molecule has 7 N–H and O–H groups in total. The number of fused-ring (bicyclic) bond motifs is 4. The van der Waals surface area contributed by atoms with E-state index in [4.69, 9.17) is 38.0 Å². The summed E-state index contributed by atoms with van der Waals surface area (Å²) in [6, 6.07) is 13.8. The van der Waals surface area contributed by atoms with E-state index in [1.165, 1.54) is 16.7 Å². The van der Waals surface area contributed by atoms with Crippen molar-refractivity contribution in [3.05, 3.63) is 111 Å². The zero-order valence-corrected chi connectivity index (χ0v) is 34.0. The maximum atomic E-state index is 16.4. The molecular weight excluding hydrogens is 860 g/mol. The fourth-order valence-electron chi connectivity index (χ4n) is 6.45. The highest BCUT2D eigenvalue weighted by atomic mass is 32.7. The molecule has 0 radical (unpaired) electrons. The summed E-state index contributed by atoms with van der Waals surface area (Å²) < 4.78 is 101. The van der Waals surface area contributed by atoms with Gasteiger partial charge in [0.15, 0.2) is 36.3 Å². The number of carbonyl (C=O) groups is 1. The van der Waals surface area contributed by atoms with Crippen LogP contribution >= 0.6 is 26.0 Å². The zero-order valence-electron chi connectivity index (χ0n) is 31.3. The number of H-pyrrole nitrogens is 1. The molecule has 5 aromatic rings. The van der Waals surface area contributed by atoms with Gasteiger partial charge in [-0.3, -0.25) is 32.5 Å². The molecule has 3 aromatic heterocycles. The largest absolute Gasteiger partial charge is 0.756 e. The molecule has 21 nitrogen and oxygen atoms in total. The number of nitrogen functional groups attached to an aromatic ring is 1. The summed E-state index contributed by atoms with van der Waals surface area (Å²) in [5.74, 6) is -0.553. The van der Waals surface area contributed by atoms with Crippen molar-refractivity contribution in [3.63, 3.8) is 0 Å². The van der Waals surface area contributed by atoms with Crippen LogP contribution in [0.2, 0.25) is 0 Å². The first-order valence-electron chi connectivity index (χ1n) is 17.6. The Labute approximate surface area is 341 Å². The summed E-state index contributed by atoms with van der Waals surface area (Å²) in [7, 11) is -5.52. The van der Waals surface area contributed by atoms with Crippen LogP contribution in [0.5, 0.6) is 5.75 Å². The third kappa shape index (κ3) is 8.99. The number of esters is 1. The van der Waals surface area contributed by atoms with E-state index in [2.05, 4.69) is 15.0 Å². The molecule has 0 saturated carbocycles. The highest BCUT2D eigenvalue weighted by Crippen LogP contribution is 2.64. The quantitative estimate of drug-likeness (QED) is 0.119. The standard InChI is InChI=1S/C34H33F2N7O13P2S.H3N/c1-17-2-6-19(7-3-17)33(45)52-20-8-4-18(5-9-20)14-59-58(49)51-12-21-24(35)28(32(53-21)43-16-40-26-29(37)38-15-39-30(26)43)55-57(47,48)50-13-22-27(56-58)25(36)31(54-22)42-11-10-23(44)41-34(42)46;/h2-11,15-16,21-22,24-25,27-28,31-32H,12-14H2,1H3,(H,47,48)(H2,37,38,39)(H,41,44,46);1H3/t21-,22-,24-,25-,27-,28-,31-,32-,58?;/m1./s1. The summed E-state index contributed by atoms with van der Waals surface area (Å²) in [6.45, 7) is -4.67. The van der Waals surface area contributed by atoms with Crippen LogP contribution in [-0.4, -0.2) is 85.0 Å². The van der Waals surface area contributed by atoms with Crippen molar-refractivity contribution in [2.45, 2.75) is 61.9 Å². The molecule has 10 atom stereocenters. The van der Waals surface area contributed by atoms with Crippen LogP contribution in [-0.2, 0) is 42.5 Å². The minimum atomic E-state index is -5.52. The van der Waals surface area contributed by atoms with E-state index >= 15 is 8.78 Å². The highest BCUT2D eigenvalue weighted by molar-refractivity contribution is 8.54. The van der Waals surface area contributed by atoms with Gasteiger partial charge in [0.1, 0.15) is 42.0 Å². The molecule has 26 heteroatoms. The molecule has 3 saturated heterocycles. The maximum absolute atomic E-state index is 16.4. The second-order valence-electron chi connectivity index (χ2n) is 13.4. The number of aryl methyl sites for hydroxylation is 1. The average Bonchev–Trinajstić information content (AvgIpc) is 3.86. The summed E-state index contributed by atoms with van der Waals surface area (Å²) in [5, 5.41) is 0. The number of benzene rings is 2. The molecule has 0 amide bonds. The Morgan fingerprint density at radius 1 is 0.933 bits per heavy atom. The number of aromatic nitrogens is 6. The normalized spacial score (nSPS) is 30.7. The molecule has 3 fully saturated rings. The number of rotatable bonds is 7. The second-order valence-corrected chi connectivity index (χ2v) is 18.8. The van der Waals surface area contributed by atoms with Crippen LogP contribution in [0.1, 0.15) is 33.9 Å². The summed E-state index contributed by atoms with van der Waals surface area (Å²) in [5.41, 5.74) is 5.96. The lowest BCUT2D eigenvalue weighted by molar-refractivity contribution is -0.236. The molecule has 320 valence electrons. The topological polar surface area (TPSA) is 300 Å². The van der Waals surface area contributed by atoms with Gasteiger partial charge in [-0.05, 0) is 48.1 Å². The van der Waals surface area contributed by atoms with E-state index in [1.54, 1.807) is 36.4 Å². The Balaban J connectivity index is 0.00000544. The van der Waals surface area contributed by atoms with Crippen molar-refractivity contribution in [1.82, 2.24) is 35.2 Å². The predicted octanol–water partition coefficient (Wildman–Crippen LogP) is 3.66. The molecule has 60 heavy (non-hydrogen) atoms. The fourth-order valence-corrected chi connectivity index (χ4v) is 10.7. The number of quaternary nitrogens is 1. The van der Waals surface area contributed by atoms with Crippen molar-refractivity contribution >= 4 is 49.0 Å². The molecule has 8 rings (SSSR count). The average molecular weight is 897 g/mol. The molecule has 0 spiro atoms. The van der Waals surface area contributed by atoms with Gasteiger partial charge in [0.05, 0.1) is 25.1 Å². The Bertz CT molecular complexity index is 2590. The lowest BCUT2D eigenvalue weighted by Gasteiger charge is -2.31. The summed E-state index contributed by atoms with van der Waals surface area (Å²) >= 11 is 0.561. The molecule has 2 aromatic carbocycles. The Morgan fingerprint density at radius 3 is 2.38 bits per heavy atom. The van der Waals surface area contributed by atoms with Gasteiger partial charge in [-0.25, -0.2) is 37.9 Å². The molecule has 3 aliphatic heterocycles. The van der Waals surface area contributed by atoms with Crippen molar-refractivity contribution in [1.29, 1.82) is 0 Å². The Morgan fingerprint density at radius 2 is 1.65 bits per heavy atom. The van der Waals surface area contributed by atoms with Crippen LogP contribution in [0.15, 0.2) is 83.0 Å². The number of nitrogens with one attached hydrogen (secondary N) is 1. The van der Waals surface area contributed by atoms with E-state index in [1.807, 2.05) is 11.9 Å². The van der Waals surface area contributed by atoms with E-state index in [-0.39, 0.29) is 34.6 Å². The number of alkyl halides is 2. The third-order valence-electron chi connectivity index (χ3n) is 9.42. The number of anilines is 1. The number of phosphoric ester groups is 1. The minimum absolute atomic E-state index is 0. The molecule has 0 aliphatic carbocycles. The number of nitrogens with two attached hydrogens (primary N) is 1. The van der Waals surface area contributed by atoms with Crippen molar-refractivity contribution in [2.75, 3.05) is 18.9 Å². The number of hydrogen-bond donors (Lipinski definition) is 3. The van der Waals surface area contributed by atoms with E-state index < -0.39 is 94.3 Å². The van der Waals surface area contributed by atoms with E-state index in [9.17, 15) is 28.4 Å².